The van der Waals surface area contributed by atoms with Crippen molar-refractivity contribution in [1.29, 1.82) is 0 Å². The molecule has 3 aromatic heterocycles. The van der Waals surface area contributed by atoms with Crippen LogP contribution in [0.5, 0.6) is 0 Å². The highest BCUT2D eigenvalue weighted by Crippen LogP contribution is 2.37. The molecule has 146 valence electrons. The molecule has 0 fully saturated rings. The number of carbonyl (C=O) groups is 2. The highest BCUT2D eigenvalue weighted by atomic mass is 32.1. The Balaban J connectivity index is 1.34. The Morgan fingerprint density at radius 3 is 2.96 bits per heavy atom. The summed E-state index contributed by atoms with van der Waals surface area (Å²) < 4.78 is 10.7. The lowest BCUT2D eigenvalue weighted by molar-refractivity contribution is -0.121. The molecular weight excluding hydrogens is 398 g/mol. The number of fused-ring (bicyclic) bond motifs is 1. The van der Waals surface area contributed by atoms with Crippen molar-refractivity contribution in [3.05, 3.63) is 45.3 Å². The van der Waals surface area contributed by atoms with Gasteiger partial charge >= 0.3 is 0 Å². The predicted molar refractivity (Wildman–Crippen MR) is 108 cm³/mol. The molecule has 1 aliphatic carbocycles. The molecule has 0 saturated heterocycles. The Morgan fingerprint density at radius 1 is 1.32 bits per heavy atom. The van der Waals surface area contributed by atoms with Gasteiger partial charge in [-0.05, 0) is 42.7 Å². The molecule has 3 heterocycles. The van der Waals surface area contributed by atoms with Gasteiger partial charge in [-0.15, -0.1) is 22.7 Å². The summed E-state index contributed by atoms with van der Waals surface area (Å²) in [5.74, 6) is -0.157. The molecule has 4 rings (SSSR count). The van der Waals surface area contributed by atoms with E-state index in [-0.39, 0.29) is 19.1 Å². The van der Waals surface area contributed by atoms with Crippen molar-refractivity contribution in [2.24, 2.45) is 5.73 Å². The standard InChI is InChI=1S/C19H19N3O4S2/c20-18(24)17-12-4-1-2-5-14(12)28-19(17)21-16(23)10-25-9-11-8-13(26-22-11)15-6-3-7-27-15/h3,6-8H,1-2,4-5,9-10H2,(H2,20,24)(H,21,23). The number of hydrogen-bond donors (Lipinski definition) is 2. The summed E-state index contributed by atoms with van der Waals surface area (Å²) in [6.45, 7) is 0.00781. The van der Waals surface area contributed by atoms with Gasteiger partial charge in [-0.1, -0.05) is 11.2 Å². The van der Waals surface area contributed by atoms with Crippen molar-refractivity contribution in [3.8, 4) is 10.6 Å². The van der Waals surface area contributed by atoms with Gasteiger partial charge in [0.15, 0.2) is 5.76 Å². The summed E-state index contributed by atoms with van der Waals surface area (Å²) in [6.07, 6.45) is 3.87. The predicted octanol–water partition coefficient (Wildman–Crippen LogP) is 3.60. The van der Waals surface area contributed by atoms with Crippen LogP contribution in [0.25, 0.3) is 10.6 Å². The first kappa shape index (κ1) is 18.9. The zero-order valence-electron chi connectivity index (χ0n) is 15.0. The SMILES string of the molecule is NC(=O)c1c(NC(=O)COCc2cc(-c3cccs3)on2)sc2c1CCCC2. The fraction of sp³-hybridized carbons (Fsp3) is 0.316. The van der Waals surface area contributed by atoms with Crippen molar-refractivity contribution in [2.75, 3.05) is 11.9 Å². The number of amides is 2. The minimum atomic E-state index is -0.501. The molecule has 7 nitrogen and oxygen atoms in total. The lowest BCUT2D eigenvalue weighted by Crippen LogP contribution is -2.21. The van der Waals surface area contributed by atoms with E-state index in [1.54, 1.807) is 17.4 Å². The van der Waals surface area contributed by atoms with E-state index in [1.807, 2.05) is 17.5 Å². The van der Waals surface area contributed by atoms with E-state index in [2.05, 4.69) is 10.5 Å². The normalized spacial score (nSPS) is 13.3. The first-order valence-corrected chi connectivity index (χ1v) is 10.6. The first-order chi connectivity index (χ1) is 13.6. The molecular formula is C19H19N3O4S2. The fourth-order valence-corrected chi connectivity index (χ4v) is 5.22. The number of thiophene rings is 2. The zero-order chi connectivity index (χ0) is 19.5. The maximum atomic E-state index is 12.3. The molecule has 0 spiro atoms. The summed E-state index contributed by atoms with van der Waals surface area (Å²) in [4.78, 5) is 26.2. The average molecular weight is 418 g/mol. The van der Waals surface area contributed by atoms with Gasteiger partial charge in [0.05, 0.1) is 17.0 Å². The van der Waals surface area contributed by atoms with E-state index < -0.39 is 5.91 Å². The zero-order valence-corrected chi connectivity index (χ0v) is 16.7. The monoisotopic (exact) mass is 417 g/mol. The van der Waals surface area contributed by atoms with Crippen LogP contribution in [-0.2, 0) is 29.0 Å². The Labute approximate surface area is 169 Å². The van der Waals surface area contributed by atoms with Crippen LogP contribution in [0.1, 0.15) is 39.3 Å². The second kappa shape index (κ2) is 8.26. The summed E-state index contributed by atoms with van der Waals surface area (Å²) in [5, 5.41) is 9.21. The molecule has 0 atom stereocenters. The quantitative estimate of drug-likeness (QED) is 0.611. The molecule has 0 radical (unpaired) electrons. The number of hydrogen-bond acceptors (Lipinski definition) is 7. The van der Waals surface area contributed by atoms with Gasteiger partial charge in [-0.3, -0.25) is 9.59 Å². The van der Waals surface area contributed by atoms with Crippen LogP contribution in [0.4, 0.5) is 5.00 Å². The smallest absolute Gasteiger partial charge is 0.251 e. The second-order valence-electron chi connectivity index (χ2n) is 6.48. The molecule has 0 aromatic carbocycles. The average Bonchev–Trinajstić information content (AvgIpc) is 3.40. The van der Waals surface area contributed by atoms with Crippen LogP contribution in [-0.4, -0.2) is 23.6 Å². The van der Waals surface area contributed by atoms with Gasteiger partial charge in [0.25, 0.3) is 11.8 Å². The molecule has 9 heteroatoms. The lowest BCUT2D eigenvalue weighted by Gasteiger charge is -2.11. The molecule has 28 heavy (non-hydrogen) atoms. The Kier molecular flexibility index (Phi) is 5.56. The highest BCUT2D eigenvalue weighted by molar-refractivity contribution is 7.17. The molecule has 3 N–H and O–H groups in total. The van der Waals surface area contributed by atoms with Gasteiger partial charge in [-0.25, -0.2) is 0 Å². The van der Waals surface area contributed by atoms with Gasteiger partial charge < -0.3 is 20.3 Å². The van der Waals surface area contributed by atoms with Crippen LogP contribution >= 0.6 is 22.7 Å². The maximum absolute atomic E-state index is 12.3. The van der Waals surface area contributed by atoms with E-state index >= 15 is 0 Å². The van der Waals surface area contributed by atoms with Crippen molar-refractivity contribution in [1.82, 2.24) is 5.16 Å². The Morgan fingerprint density at radius 2 is 2.18 bits per heavy atom. The number of primary amides is 1. The first-order valence-electron chi connectivity index (χ1n) is 8.93. The molecule has 0 saturated carbocycles. The number of nitrogens with zero attached hydrogens (tertiary/aromatic N) is 1. The number of anilines is 1. The largest absolute Gasteiger partial charge is 0.365 e. The van der Waals surface area contributed by atoms with Gasteiger partial charge in [0.2, 0.25) is 0 Å². The van der Waals surface area contributed by atoms with Crippen LogP contribution in [0.3, 0.4) is 0 Å². The van der Waals surface area contributed by atoms with Crippen LogP contribution in [0.15, 0.2) is 28.1 Å². The minimum absolute atomic E-state index is 0.151. The van der Waals surface area contributed by atoms with E-state index in [0.29, 0.717) is 22.0 Å². The molecule has 0 unspecified atom stereocenters. The van der Waals surface area contributed by atoms with E-state index in [4.69, 9.17) is 15.0 Å². The third-order valence-electron chi connectivity index (χ3n) is 4.48. The number of rotatable bonds is 7. The van der Waals surface area contributed by atoms with Crippen LogP contribution in [0.2, 0.25) is 0 Å². The van der Waals surface area contributed by atoms with Crippen molar-refractivity contribution >= 4 is 39.5 Å². The van der Waals surface area contributed by atoms with E-state index in [1.165, 1.54) is 11.3 Å². The summed E-state index contributed by atoms with van der Waals surface area (Å²) in [5.41, 5.74) is 7.60. The number of carbonyl (C=O) groups excluding carboxylic acids is 2. The third kappa shape index (κ3) is 4.01. The van der Waals surface area contributed by atoms with E-state index in [0.717, 1.165) is 41.0 Å². The second-order valence-corrected chi connectivity index (χ2v) is 8.53. The van der Waals surface area contributed by atoms with E-state index in [9.17, 15) is 9.59 Å². The summed E-state index contributed by atoms with van der Waals surface area (Å²) >= 11 is 2.99. The van der Waals surface area contributed by atoms with Gasteiger partial charge in [0.1, 0.15) is 17.3 Å². The Hall–Kier alpha value is -2.49. The number of aryl methyl sites for hydroxylation is 1. The molecule has 3 aromatic rings. The Bertz CT molecular complexity index is 991. The van der Waals surface area contributed by atoms with Crippen LogP contribution < -0.4 is 11.1 Å². The number of ether oxygens (including phenoxy) is 1. The van der Waals surface area contributed by atoms with Crippen molar-refractivity contribution in [3.63, 3.8) is 0 Å². The number of nitrogens with one attached hydrogen (secondary N) is 1. The molecule has 0 bridgehead atoms. The fourth-order valence-electron chi connectivity index (χ4n) is 3.24. The van der Waals surface area contributed by atoms with Crippen LogP contribution in [0, 0.1) is 0 Å². The molecule has 0 aliphatic heterocycles. The third-order valence-corrected chi connectivity index (χ3v) is 6.57. The maximum Gasteiger partial charge on any atom is 0.251 e. The lowest BCUT2D eigenvalue weighted by atomic mass is 9.95. The summed E-state index contributed by atoms with van der Waals surface area (Å²) in [7, 11) is 0. The summed E-state index contributed by atoms with van der Waals surface area (Å²) in [6, 6.07) is 5.67. The van der Waals surface area contributed by atoms with Gasteiger partial charge in [-0.2, -0.15) is 0 Å². The number of nitrogens with two attached hydrogens (primary N) is 1. The van der Waals surface area contributed by atoms with Crippen molar-refractivity contribution in [2.45, 2.75) is 32.3 Å². The van der Waals surface area contributed by atoms with Crippen molar-refractivity contribution < 1.29 is 18.8 Å². The molecule has 1 aliphatic rings. The topological polar surface area (TPSA) is 107 Å². The van der Waals surface area contributed by atoms with Gasteiger partial charge in [0, 0.05) is 10.9 Å². The highest BCUT2D eigenvalue weighted by Gasteiger charge is 2.24. The molecule has 2 amide bonds. The minimum Gasteiger partial charge on any atom is -0.365 e. The number of aromatic nitrogens is 1.